The summed E-state index contributed by atoms with van der Waals surface area (Å²) in [5.41, 5.74) is 2.37. The summed E-state index contributed by atoms with van der Waals surface area (Å²) in [5, 5.41) is 9.45. The number of phenolic OH excluding ortho intramolecular Hbond substituents is 1. The van der Waals surface area contributed by atoms with E-state index in [0.717, 1.165) is 19.3 Å². The van der Waals surface area contributed by atoms with E-state index in [0.29, 0.717) is 18.8 Å². The van der Waals surface area contributed by atoms with Crippen LogP contribution in [0.3, 0.4) is 0 Å². The van der Waals surface area contributed by atoms with E-state index in [2.05, 4.69) is 0 Å². The average molecular weight is 234 g/mol. The predicted octanol–water partition coefficient (Wildman–Crippen LogP) is 2.77. The molecular weight excluding hydrogens is 216 g/mol. The Morgan fingerprint density at radius 1 is 1.53 bits per heavy atom. The minimum Gasteiger partial charge on any atom is -0.508 e. The molecule has 1 aliphatic carbocycles. The van der Waals surface area contributed by atoms with Crippen LogP contribution in [0, 0.1) is 0 Å². The van der Waals surface area contributed by atoms with Crippen LogP contribution in [0.4, 0.5) is 0 Å². The van der Waals surface area contributed by atoms with E-state index in [-0.39, 0.29) is 11.9 Å². The number of rotatable bonds is 3. The number of benzene rings is 1. The van der Waals surface area contributed by atoms with Gasteiger partial charge in [-0.1, -0.05) is 6.07 Å². The number of phenols is 1. The Hall–Kier alpha value is -1.51. The summed E-state index contributed by atoms with van der Waals surface area (Å²) in [5.74, 6) is 0.428. The maximum atomic E-state index is 11.5. The Morgan fingerprint density at radius 3 is 3.12 bits per heavy atom. The second kappa shape index (κ2) is 5.21. The van der Waals surface area contributed by atoms with Gasteiger partial charge in [0.15, 0.2) is 0 Å². The van der Waals surface area contributed by atoms with Gasteiger partial charge in [0.2, 0.25) is 0 Å². The lowest BCUT2D eigenvalue weighted by Gasteiger charge is -2.24. The topological polar surface area (TPSA) is 46.5 Å². The molecule has 0 spiro atoms. The van der Waals surface area contributed by atoms with Gasteiger partial charge in [0.05, 0.1) is 13.0 Å². The molecule has 0 radical (unpaired) electrons. The van der Waals surface area contributed by atoms with Crippen LogP contribution in [-0.4, -0.2) is 17.7 Å². The van der Waals surface area contributed by atoms with Crippen LogP contribution in [0.5, 0.6) is 5.75 Å². The standard InChI is InChI=1S/C14H18O3/c1-2-17-14(16)9-11-5-3-4-10-8-12(15)6-7-13(10)11/h6-8,11,15H,2-5,9H2,1H3/t11-/m1/s1. The Morgan fingerprint density at radius 2 is 2.35 bits per heavy atom. The quantitative estimate of drug-likeness (QED) is 0.818. The summed E-state index contributed by atoms with van der Waals surface area (Å²) in [7, 11) is 0. The molecule has 0 saturated carbocycles. The number of ether oxygens (including phenoxy) is 1. The number of aromatic hydroxyl groups is 1. The van der Waals surface area contributed by atoms with Crippen LogP contribution in [0.2, 0.25) is 0 Å². The first-order chi connectivity index (χ1) is 8.20. The number of esters is 1. The third-order valence-corrected chi connectivity index (χ3v) is 3.28. The van der Waals surface area contributed by atoms with Gasteiger partial charge in [-0.25, -0.2) is 0 Å². The highest BCUT2D eigenvalue weighted by molar-refractivity contribution is 5.70. The zero-order valence-electron chi connectivity index (χ0n) is 10.1. The van der Waals surface area contributed by atoms with Gasteiger partial charge in [0.1, 0.15) is 5.75 Å². The van der Waals surface area contributed by atoms with Gasteiger partial charge >= 0.3 is 5.97 Å². The van der Waals surface area contributed by atoms with Gasteiger partial charge in [-0.15, -0.1) is 0 Å². The number of fused-ring (bicyclic) bond motifs is 1. The molecule has 0 heterocycles. The van der Waals surface area contributed by atoms with Crippen LogP contribution in [0.25, 0.3) is 0 Å². The van der Waals surface area contributed by atoms with Gasteiger partial charge in [-0.3, -0.25) is 4.79 Å². The van der Waals surface area contributed by atoms with Crippen molar-refractivity contribution in [3.8, 4) is 5.75 Å². The largest absolute Gasteiger partial charge is 0.508 e. The minimum absolute atomic E-state index is 0.126. The summed E-state index contributed by atoms with van der Waals surface area (Å²) in [6, 6.07) is 5.45. The Labute approximate surface area is 101 Å². The fourth-order valence-corrected chi connectivity index (χ4v) is 2.53. The normalized spacial score (nSPS) is 18.5. The van der Waals surface area contributed by atoms with Crippen molar-refractivity contribution in [1.82, 2.24) is 0 Å². The lowest BCUT2D eigenvalue weighted by Crippen LogP contribution is -2.15. The SMILES string of the molecule is CCOC(=O)C[C@H]1CCCc2cc(O)ccc21. The summed E-state index contributed by atoms with van der Waals surface area (Å²) >= 11 is 0. The summed E-state index contributed by atoms with van der Waals surface area (Å²) in [6.07, 6.45) is 3.53. The van der Waals surface area contributed by atoms with Crippen LogP contribution in [-0.2, 0) is 16.0 Å². The van der Waals surface area contributed by atoms with E-state index >= 15 is 0 Å². The molecular formula is C14H18O3. The highest BCUT2D eigenvalue weighted by Crippen LogP contribution is 2.35. The molecule has 2 rings (SSSR count). The molecule has 0 aliphatic heterocycles. The molecule has 0 amide bonds. The minimum atomic E-state index is -0.126. The van der Waals surface area contributed by atoms with Crippen molar-refractivity contribution in [2.45, 2.75) is 38.5 Å². The summed E-state index contributed by atoms with van der Waals surface area (Å²) in [4.78, 5) is 11.5. The van der Waals surface area contributed by atoms with Crippen molar-refractivity contribution in [2.24, 2.45) is 0 Å². The summed E-state index contributed by atoms with van der Waals surface area (Å²) in [6.45, 7) is 2.26. The molecule has 0 aromatic heterocycles. The van der Waals surface area contributed by atoms with E-state index in [4.69, 9.17) is 4.74 Å². The van der Waals surface area contributed by atoms with Crippen LogP contribution >= 0.6 is 0 Å². The molecule has 0 saturated heterocycles. The van der Waals surface area contributed by atoms with Crippen molar-refractivity contribution >= 4 is 5.97 Å². The van der Waals surface area contributed by atoms with Crippen molar-refractivity contribution < 1.29 is 14.6 Å². The van der Waals surface area contributed by atoms with Gasteiger partial charge in [0.25, 0.3) is 0 Å². The molecule has 17 heavy (non-hydrogen) atoms. The summed E-state index contributed by atoms with van der Waals surface area (Å²) < 4.78 is 5.00. The molecule has 3 nitrogen and oxygen atoms in total. The van der Waals surface area contributed by atoms with Crippen molar-refractivity contribution in [3.63, 3.8) is 0 Å². The monoisotopic (exact) mass is 234 g/mol. The number of aryl methyl sites for hydroxylation is 1. The fourth-order valence-electron chi connectivity index (χ4n) is 2.53. The zero-order valence-corrected chi connectivity index (χ0v) is 10.1. The lowest BCUT2D eigenvalue weighted by atomic mass is 9.81. The number of carbonyl (C=O) groups excluding carboxylic acids is 1. The number of hydrogen-bond donors (Lipinski definition) is 1. The van der Waals surface area contributed by atoms with E-state index < -0.39 is 0 Å². The maximum Gasteiger partial charge on any atom is 0.306 e. The predicted molar refractivity (Wildman–Crippen MR) is 65.0 cm³/mol. The van der Waals surface area contributed by atoms with E-state index in [1.165, 1.54) is 11.1 Å². The van der Waals surface area contributed by atoms with Gasteiger partial charge in [-0.2, -0.15) is 0 Å². The molecule has 1 atom stereocenters. The molecule has 3 heteroatoms. The number of carbonyl (C=O) groups is 1. The Balaban J connectivity index is 2.14. The molecule has 1 aliphatic rings. The molecule has 1 aromatic carbocycles. The van der Waals surface area contributed by atoms with E-state index in [1.807, 2.05) is 19.1 Å². The zero-order chi connectivity index (χ0) is 12.3. The van der Waals surface area contributed by atoms with Crippen molar-refractivity contribution in [3.05, 3.63) is 29.3 Å². The fraction of sp³-hybridized carbons (Fsp3) is 0.500. The highest BCUT2D eigenvalue weighted by atomic mass is 16.5. The van der Waals surface area contributed by atoms with Crippen LogP contribution < -0.4 is 0 Å². The smallest absolute Gasteiger partial charge is 0.306 e. The van der Waals surface area contributed by atoms with E-state index in [1.54, 1.807) is 6.07 Å². The maximum absolute atomic E-state index is 11.5. The van der Waals surface area contributed by atoms with Gasteiger partial charge < -0.3 is 9.84 Å². The van der Waals surface area contributed by atoms with Gasteiger partial charge in [-0.05, 0) is 55.4 Å². The average Bonchev–Trinajstić information content (AvgIpc) is 2.29. The molecule has 1 N–H and O–H groups in total. The molecule has 92 valence electrons. The number of hydrogen-bond acceptors (Lipinski definition) is 3. The Bertz CT molecular complexity index is 412. The second-order valence-electron chi connectivity index (χ2n) is 4.48. The molecule has 0 fully saturated rings. The second-order valence-corrected chi connectivity index (χ2v) is 4.48. The van der Waals surface area contributed by atoms with Crippen molar-refractivity contribution in [2.75, 3.05) is 6.61 Å². The first-order valence-corrected chi connectivity index (χ1v) is 6.18. The Kier molecular flexibility index (Phi) is 3.67. The third-order valence-electron chi connectivity index (χ3n) is 3.28. The molecule has 1 aromatic rings. The first-order valence-electron chi connectivity index (χ1n) is 6.18. The van der Waals surface area contributed by atoms with Crippen molar-refractivity contribution in [1.29, 1.82) is 0 Å². The van der Waals surface area contributed by atoms with Crippen LogP contribution in [0.15, 0.2) is 18.2 Å². The lowest BCUT2D eigenvalue weighted by molar-refractivity contribution is -0.143. The van der Waals surface area contributed by atoms with Crippen LogP contribution in [0.1, 0.15) is 43.2 Å². The van der Waals surface area contributed by atoms with Gasteiger partial charge in [0, 0.05) is 0 Å². The molecule has 0 bridgehead atoms. The first kappa shape index (κ1) is 12.0. The molecule has 0 unspecified atom stereocenters. The third kappa shape index (κ3) is 2.78. The van der Waals surface area contributed by atoms with E-state index in [9.17, 15) is 9.90 Å². The highest BCUT2D eigenvalue weighted by Gasteiger charge is 2.23.